The van der Waals surface area contributed by atoms with Crippen LogP contribution in [0.25, 0.3) is 0 Å². The third-order valence-corrected chi connectivity index (χ3v) is 3.99. The van der Waals surface area contributed by atoms with Crippen molar-refractivity contribution < 1.29 is 19.0 Å². The Kier molecular flexibility index (Phi) is 4.92. The molecular formula is C16H22N2O4. The number of anilines is 1. The highest BCUT2D eigenvalue weighted by Gasteiger charge is 2.30. The number of rotatable bonds is 5. The van der Waals surface area contributed by atoms with Crippen LogP contribution in [0.1, 0.15) is 19.3 Å². The maximum Gasteiger partial charge on any atom is 0.253 e. The fourth-order valence-electron chi connectivity index (χ4n) is 2.74. The Labute approximate surface area is 129 Å². The minimum atomic E-state index is -0.434. The van der Waals surface area contributed by atoms with Gasteiger partial charge in [0.1, 0.15) is 18.0 Å². The number of hydrogen-bond donors (Lipinski definition) is 2. The van der Waals surface area contributed by atoms with Gasteiger partial charge in [-0.25, -0.2) is 0 Å². The van der Waals surface area contributed by atoms with Gasteiger partial charge in [0, 0.05) is 13.0 Å². The van der Waals surface area contributed by atoms with Crippen molar-refractivity contribution in [3.05, 3.63) is 24.3 Å². The summed E-state index contributed by atoms with van der Waals surface area (Å²) in [6.45, 7) is 1.76. The van der Waals surface area contributed by atoms with Gasteiger partial charge in [-0.15, -0.1) is 0 Å². The summed E-state index contributed by atoms with van der Waals surface area (Å²) in [6, 6.07) is 7.44. The van der Waals surface area contributed by atoms with Gasteiger partial charge in [-0.1, -0.05) is 12.1 Å². The van der Waals surface area contributed by atoms with E-state index < -0.39 is 6.10 Å². The first-order valence-corrected chi connectivity index (χ1v) is 7.76. The fourth-order valence-corrected chi connectivity index (χ4v) is 2.74. The average molecular weight is 306 g/mol. The van der Waals surface area contributed by atoms with E-state index in [0.29, 0.717) is 31.0 Å². The van der Waals surface area contributed by atoms with Gasteiger partial charge in [0.25, 0.3) is 5.91 Å². The van der Waals surface area contributed by atoms with Crippen LogP contribution in [-0.4, -0.2) is 44.0 Å². The number of carbonyl (C=O) groups excluding carboxylic acids is 1. The number of para-hydroxylation sites is 2. The molecule has 2 heterocycles. The molecule has 0 aliphatic carbocycles. The molecule has 0 aromatic heterocycles. The molecule has 1 amide bonds. The summed E-state index contributed by atoms with van der Waals surface area (Å²) in [5, 5.41) is 2.90. The highest BCUT2D eigenvalue weighted by molar-refractivity contribution is 5.95. The molecule has 2 saturated heterocycles. The highest BCUT2D eigenvalue weighted by atomic mass is 16.5. The molecule has 120 valence electrons. The zero-order valence-corrected chi connectivity index (χ0v) is 12.5. The summed E-state index contributed by atoms with van der Waals surface area (Å²) in [5.74, 6) is 0.523. The van der Waals surface area contributed by atoms with Crippen LogP contribution in [0.4, 0.5) is 5.69 Å². The van der Waals surface area contributed by atoms with E-state index in [2.05, 4.69) is 5.32 Å². The lowest BCUT2D eigenvalue weighted by Gasteiger charge is -2.17. The minimum absolute atomic E-state index is 0.0159. The molecule has 2 fully saturated rings. The van der Waals surface area contributed by atoms with E-state index in [0.717, 1.165) is 19.4 Å². The van der Waals surface area contributed by atoms with Crippen LogP contribution in [0.5, 0.6) is 5.75 Å². The van der Waals surface area contributed by atoms with Gasteiger partial charge in [-0.05, 0) is 25.0 Å². The Hall–Kier alpha value is -1.63. The van der Waals surface area contributed by atoms with Gasteiger partial charge < -0.3 is 25.3 Å². The summed E-state index contributed by atoms with van der Waals surface area (Å²) in [7, 11) is 0. The number of benzene rings is 1. The zero-order valence-electron chi connectivity index (χ0n) is 12.5. The Bertz CT molecular complexity index is 517. The monoisotopic (exact) mass is 306 g/mol. The molecule has 6 heteroatoms. The van der Waals surface area contributed by atoms with Crippen LogP contribution in [0.15, 0.2) is 24.3 Å². The number of amides is 1. The van der Waals surface area contributed by atoms with Gasteiger partial charge in [0.15, 0.2) is 0 Å². The summed E-state index contributed by atoms with van der Waals surface area (Å²) in [4.78, 5) is 12.3. The van der Waals surface area contributed by atoms with Gasteiger partial charge >= 0.3 is 0 Å². The van der Waals surface area contributed by atoms with E-state index in [4.69, 9.17) is 19.9 Å². The minimum Gasteiger partial charge on any atom is -0.486 e. The van der Waals surface area contributed by atoms with Crippen molar-refractivity contribution in [3.63, 3.8) is 0 Å². The molecule has 0 bridgehead atoms. The Morgan fingerprint density at radius 2 is 2.18 bits per heavy atom. The van der Waals surface area contributed by atoms with Gasteiger partial charge in [-0.2, -0.15) is 0 Å². The second-order valence-corrected chi connectivity index (χ2v) is 5.65. The molecule has 0 spiro atoms. The Morgan fingerprint density at radius 3 is 2.91 bits per heavy atom. The van der Waals surface area contributed by atoms with E-state index >= 15 is 0 Å². The van der Waals surface area contributed by atoms with Gasteiger partial charge in [0.05, 0.1) is 25.0 Å². The molecule has 2 aliphatic heterocycles. The number of nitrogens with one attached hydrogen (secondary N) is 1. The first-order valence-electron chi connectivity index (χ1n) is 7.76. The number of nitrogens with two attached hydrogens (primary N) is 1. The van der Waals surface area contributed by atoms with Crippen molar-refractivity contribution in [1.82, 2.24) is 0 Å². The van der Waals surface area contributed by atoms with Crippen molar-refractivity contribution in [2.75, 3.05) is 25.1 Å². The Morgan fingerprint density at radius 1 is 1.32 bits per heavy atom. The standard InChI is InChI=1S/C16H22N2O4/c17-9-11-5-6-15(21-11)16(19)18-13-3-1-2-4-14(13)22-12-7-8-20-10-12/h1-4,11-12,15H,5-10,17H2,(H,18,19)/t11-,12?,15+/m1/s1. The van der Waals surface area contributed by atoms with E-state index in [1.807, 2.05) is 24.3 Å². The molecule has 1 aromatic rings. The maximum absolute atomic E-state index is 12.3. The summed E-state index contributed by atoms with van der Waals surface area (Å²) in [5.41, 5.74) is 6.24. The molecule has 1 aromatic carbocycles. The molecule has 1 unspecified atom stereocenters. The Balaban J connectivity index is 1.63. The van der Waals surface area contributed by atoms with Gasteiger partial charge in [-0.3, -0.25) is 4.79 Å². The third-order valence-electron chi connectivity index (χ3n) is 3.99. The first kappa shape index (κ1) is 15.3. The maximum atomic E-state index is 12.3. The molecule has 2 aliphatic rings. The summed E-state index contributed by atoms with van der Waals surface area (Å²) >= 11 is 0. The summed E-state index contributed by atoms with van der Waals surface area (Å²) in [6.07, 6.45) is 1.99. The zero-order chi connectivity index (χ0) is 15.4. The van der Waals surface area contributed by atoms with E-state index in [1.165, 1.54) is 0 Å². The normalized spacial score (nSPS) is 27.8. The molecular weight excluding hydrogens is 284 g/mol. The van der Waals surface area contributed by atoms with E-state index in [9.17, 15) is 4.79 Å². The number of ether oxygens (including phenoxy) is 3. The highest BCUT2D eigenvalue weighted by Crippen LogP contribution is 2.28. The molecule has 3 atom stereocenters. The predicted octanol–water partition coefficient (Wildman–Crippen LogP) is 1.30. The lowest BCUT2D eigenvalue weighted by atomic mass is 10.2. The SMILES string of the molecule is NC[C@H]1CC[C@@H](C(=O)Nc2ccccc2OC2CCOC2)O1. The lowest BCUT2D eigenvalue weighted by molar-refractivity contribution is -0.126. The second kappa shape index (κ2) is 7.09. The lowest BCUT2D eigenvalue weighted by Crippen LogP contribution is -2.30. The van der Waals surface area contributed by atoms with Crippen LogP contribution < -0.4 is 15.8 Å². The van der Waals surface area contributed by atoms with Gasteiger partial charge in [0.2, 0.25) is 0 Å². The van der Waals surface area contributed by atoms with E-state index in [1.54, 1.807) is 0 Å². The summed E-state index contributed by atoms with van der Waals surface area (Å²) < 4.78 is 16.8. The van der Waals surface area contributed by atoms with Crippen molar-refractivity contribution in [1.29, 1.82) is 0 Å². The van der Waals surface area contributed by atoms with Crippen LogP contribution in [0, 0.1) is 0 Å². The molecule has 22 heavy (non-hydrogen) atoms. The molecule has 3 N–H and O–H groups in total. The predicted molar refractivity (Wildman–Crippen MR) is 81.9 cm³/mol. The van der Waals surface area contributed by atoms with Crippen molar-refractivity contribution >= 4 is 11.6 Å². The second-order valence-electron chi connectivity index (χ2n) is 5.65. The third kappa shape index (κ3) is 3.58. The van der Waals surface area contributed by atoms with Crippen LogP contribution in [0.2, 0.25) is 0 Å². The van der Waals surface area contributed by atoms with Crippen molar-refractivity contribution in [3.8, 4) is 5.75 Å². The van der Waals surface area contributed by atoms with Crippen molar-refractivity contribution in [2.24, 2.45) is 5.73 Å². The molecule has 0 saturated carbocycles. The largest absolute Gasteiger partial charge is 0.486 e. The number of carbonyl (C=O) groups is 1. The van der Waals surface area contributed by atoms with Crippen LogP contribution in [0.3, 0.4) is 0 Å². The topological polar surface area (TPSA) is 82.8 Å². The van der Waals surface area contributed by atoms with E-state index in [-0.39, 0.29) is 18.1 Å². The smallest absolute Gasteiger partial charge is 0.253 e. The average Bonchev–Trinajstić information content (AvgIpc) is 3.20. The van der Waals surface area contributed by atoms with Crippen LogP contribution in [-0.2, 0) is 14.3 Å². The van der Waals surface area contributed by atoms with Crippen LogP contribution >= 0.6 is 0 Å². The molecule has 0 radical (unpaired) electrons. The first-order chi connectivity index (χ1) is 10.8. The fraction of sp³-hybridized carbons (Fsp3) is 0.562. The molecule has 6 nitrogen and oxygen atoms in total. The number of hydrogen-bond acceptors (Lipinski definition) is 5. The van der Waals surface area contributed by atoms with Crippen molar-refractivity contribution in [2.45, 2.75) is 37.6 Å². The quantitative estimate of drug-likeness (QED) is 0.857. The molecule has 3 rings (SSSR count).